The van der Waals surface area contributed by atoms with Crippen molar-refractivity contribution in [1.29, 1.82) is 0 Å². The molecule has 84 valence electrons. The molecule has 5 N–H and O–H groups in total. The number of carboxylic acids is 1. The number of phenols is 2. The number of nitrogens with two attached hydrogens (primary N) is 1. The van der Waals surface area contributed by atoms with Crippen LogP contribution in [-0.2, 0) is 11.2 Å². The molecular formula is C9H12ClNO4. The average molecular weight is 234 g/mol. The number of carbonyl (C=O) groups is 1. The van der Waals surface area contributed by atoms with Crippen LogP contribution in [0.25, 0.3) is 0 Å². The molecule has 0 radical (unpaired) electrons. The molecule has 1 aromatic rings. The van der Waals surface area contributed by atoms with Crippen molar-refractivity contribution in [3.63, 3.8) is 0 Å². The third kappa shape index (κ3) is 3.65. The Morgan fingerprint density at radius 2 is 2.00 bits per heavy atom. The van der Waals surface area contributed by atoms with Crippen molar-refractivity contribution in [2.45, 2.75) is 12.5 Å². The van der Waals surface area contributed by atoms with Gasteiger partial charge in [0.15, 0.2) is 0 Å². The number of phenolic OH excluding ortho intramolecular Hbond substituents is 2. The lowest BCUT2D eigenvalue weighted by Gasteiger charge is -2.08. The maximum atomic E-state index is 10.4. The van der Waals surface area contributed by atoms with Crippen molar-refractivity contribution in [2.24, 2.45) is 5.73 Å². The molecule has 0 aliphatic heterocycles. The minimum atomic E-state index is -1.13. The number of halogens is 1. The van der Waals surface area contributed by atoms with Gasteiger partial charge in [0.1, 0.15) is 17.5 Å². The molecule has 0 bridgehead atoms. The zero-order valence-electron chi connectivity index (χ0n) is 7.75. The first-order valence-electron chi connectivity index (χ1n) is 4.00. The summed E-state index contributed by atoms with van der Waals surface area (Å²) in [6.45, 7) is 0. The molecule has 0 saturated carbocycles. The number of hydrogen-bond acceptors (Lipinski definition) is 4. The molecule has 0 heterocycles. The van der Waals surface area contributed by atoms with Crippen LogP contribution in [0.5, 0.6) is 11.5 Å². The van der Waals surface area contributed by atoms with Crippen LogP contribution in [0.15, 0.2) is 18.2 Å². The summed E-state index contributed by atoms with van der Waals surface area (Å²) >= 11 is 0. The Kier molecular flexibility index (Phi) is 4.90. The summed E-state index contributed by atoms with van der Waals surface area (Å²) in [7, 11) is 0. The van der Waals surface area contributed by atoms with Gasteiger partial charge in [0.05, 0.1) is 0 Å². The summed E-state index contributed by atoms with van der Waals surface area (Å²) < 4.78 is 0. The van der Waals surface area contributed by atoms with Gasteiger partial charge >= 0.3 is 5.97 Å². The molecule has 0 spiro atoms. The molecule has 0 fully saturated rings. The maximum absolute atomic E-state index is 10.4. The first-order valence-corrected chi connectivity index (χ1v) is 4.00. The van der Waals surface area contributed by atoms with Gasteiger partial charge in [-0.2, -0.15) is 0 Å². The maximum Gasteiger partial charge on any atom is 0.320 e. The Hall–Kier alpha value is -1.46. The monoisotopic (exact) mass is 233 g/mol. The van der Waals surface area contributed by atoms with Crippen LogP contribution in [0.1, 0.15) is 5.56 Å². The molecule has 0 aromatic heterocycles. The van der Waals surface area contributed by atoms with Crippen molar-refractivity contribution >= 4 is 18.4 Å². The minimum Gasteiger partial charge on any atom is -0.508 e. The minimum absolute atomic E-state index is 0. The van der Waals surface area contributed by atoms with Crippen molar-refractivity contribution < 1.29 is 20.1 Å². The van der Waals surface area contributed by atoms with Crippen LogP contribution in [0.4, 0.5) is 0 Å². The summed E-state index contributed by atoms with van der Waals surface area (Å²) in [5.74, 6) is -1.35. The zero-order chi connectivity index (χ0) is 10.7. The normalized spacial score (nSPS) is 11.5. The second kappa shape index (κ2) is 5.43. The summed E-state index contributed by atoms with van der Waals surface area (Å²) in [6, 6.07) is 2.89. The number of aromatic hydroxyl groups is 2. The first-order chi connectivity index (χ1) is 6.50. The van der Waals surface area contributed by atoms with Crippen LogP contribution < -0.4 is 5.73 Å². The van der Waals surface area contributed by atoms with Gasteiger partial charge in [-0.1, -0.05) is 6.07 Å². The van der Waals surface area contributed by atoms with Gasteiger partial charge in [0.25, 0.3) is 0 Å². The van der Waals surface area contributed by atoms with Crippen LogP contribution >= 0.6 is 12.4 Å². The number of rotatable bonds is 3. The zero-order valence-corrected chi connectivity index (χ0v) is 8.57. The standard InChI is InChI=1S/C9H11NO4.ClH/c10-7(9(13)14)3-5-1-2-6(11)4-8(5)12;/h1-2,4,7,11-12H,3,10H2,(H,13,14);1H/t7-;/m0./s1. The Morgan fingerprint density at radius 3 is 2.47 bits per heavy atom. The van der Waals surface area contributed by atoms with Gasteiger partial charge in [-0.15, -0.1) is 12.4 Å². The predicted molar refractivity (Wildman–Crippen MR) is 56.3 cm³/mol. The third-order valence-electron chi connectivity index (χ3n) is 1.83. The quantitative estimate of drug-likeness (QED) is 0.608. The van der Waals surface area contributed by atoms with Crippen molar-refractivity contribution in [1.82, 2.24) is 0 Å². The first kappa shape index (κ1) is 13.5. The molecule has 1 atom stereocenters. The SMILES string of the molecule is Cl.N[C@@H](Cc1ccc(O)cc1O)C(=O)O. The van der Waals surface area contributed by atoms with E-state index in [0.717, 1.165) is 6.07 Å². The van der Waals surface area contributed by atoms with Gasteiger partial charge in [-0.05, 0) is 11.6 Å². The summed E-state index contributed by atoms with van der Waals surface area (Å²) in [5.41, 5.74) is 5.68. The van der Waals surface area contributed by atoms with Crippen molar-refractivity contribution in [2.75, 3.05) is 0 Å². The molecule has 15 heavy (non-hydrogen) atoms. The number of carboxylic acid groups (broad SMARTS) is 1. The lowest BCUT2D eigenvalue weighted by molar-refractivity contribution is -0.138. The third-order valence-corrected chi connectivity index (χ3v) is 1.83. The molecule has 0 amide bonds. The number of hydrogen-bond donors (Lipinski definition) is 4. The molecule has 0 aliphatic carbocycles. The molecule has 0 saturated heterocycles. The number of aliphatic carboxylic acids is 1. The summed E-state index contributed by atoms with van der Waals surface area (Å²) in [5, 5.41) is 26.8. The molecule has 1 aromatic carbocycles. The van der Waals surface area contributed by atoms with E-state index in [-0.39, 0.29) is 30.3 Å². The topological polar surface area (TPSA) is 104 Å². The molecule has 0 unspecified atom stereocenters. The van der Waals surface area contributed by atoms with Crippen LogP contribution in [-0.4, -0.2) is 27.3 Å². The second-order valence-electron chi connectivity index (χ2n) is 2.96. The highest BCUT2D eigenvalue weighted by atomic mass is 35.5. The number of benzene rings is 1. The summed E-state index contributed by atoms with van der Waals surface area (Å²) in [4.78, 5) is 10.4. The van der Waals surface area contributed by atoms with Crippen LogP contribution in [0.2, 0.25) is 0 Å². The van der Waals surface area contributed by atoms with E-state index in [9.17, 15) is 9.90 Å². The van der Waals surface area contributed by atoms with E-state index in [0.29, 0.717) is 5.56 Å². The lowest BCUT2D eigenvalue weighted by Crippen LogP contribution is -2.32. The fourth-order valence-corrected chi connectivity index (χ4v) is 1.05. The van der Waals surface area contributed by atoms with Crippen LogP contribution in [0.3, 0.4) is 0 Å². The summed E-state index contributed by atoms with van der Waals surface area (Å²) in [6.07, 6.45) is 0.0292. The van der Waals surface area contributed by atoms with Gasteiger partial charge in [0, 0.05) is 12.5 Å². The second-order valence-corrected chi connectivity index (χ2v) is 2.96. The van der Waals surface area contributed by atoms with E-state index in [1.165, 1.54) is 12.1 Å². The lowest BCUT2D eigenvalue weighted by atomic mass is 10.1. The van der Waals surface area contributed by atoms with Gasteiger partial charge in [0.2, 0.25) is 0 Å². The van der Waals surface area contributed by atoms with E-state index in [4.69, 9.17) is 15.9 Å². The van der Waals surface area contributed by atoms with Crippen LogP contribution in [0, 0.1) is 0 Å². The van der Waals surface area contributed by atoms with Gasteiger partial charge in [-0.25, -0.2) is 0 Å². The molecular weight excluding hydrogens is 222 g/mol. The van der Waals surface area contributed by atoms with Crippen molar-refractivity contribution in [3.8, 4) is 11.5 Å². The Bertz CT molecular complexity index is 356. The molecule has 0 aliphatic rings. The highest BCUT2D eigenvalue weighted by Crippen LogP contribution is 2.23. The van der Waals surface area contributed by atoms with E-state index >= 15 is 0 Å². The van der Waals surface area contributed by atoms with Crippen molar-refractivity contribution in [3.05, 3.63) is 23.8 Å². The molecule has 1 rings (SSSR count). The average Bonchev–Trinajstić information content (AvgIpc) is 2.09. The fourth-order valence-electron chi connectivity index (χ4n) is 1.05. The molecule has 5 nitrogen and oxygen atoms in total. The van der Waals surface area contributed by atoms with E-state index < -0.39 is 12.0 Å². The molecule has 6 heteroatoms. The highest BCUT2D eigenvalue weighted by Gasteiger charge is 2.14. The highest BCUT2D eigenvalue weighted by molar-refractivity contribution is 5.85. The van der Waals surface area contributed by atoms with Gasteiger partial charge in [-0.3, -0.25) is 4.79 Å². The Balaban J connectivity index is 0.00000196. The van der Waals surface area contributed by atoms with E-state index in [1.54, 1.807) is 0 Å². The Morgan fingerprint density at radius 1 is 1.40 bits per heavy atom. The predicted octanol–water partition coefficient (Wildman–Crippen LogP) is 0.474. The fraction of sp³-hybridized carbons (Fsp3) is 0.222. The largest absolute Gasteiger partial charge is 0.508 e. The van der Waals surface area contributed by atoms with E-state index in [1.807, 2.05) is 0 Å². The van der Waals surface area contributed by atoms with E-state index in [2.05, 4.69) is 0 Å². The Labute approximate surface area is 92.6 Å². The smallest absolute Gasteiger partial charge is 0.320 e. The van der Waals surface area contributed by atoms with Gasteiger partial charge < -0.3 is 21.1 Å².